The Morgan fingerprint density at radius 1 is 0.963 bits per heavy atom. The monoisotopic (exact) mass is 406 g/mol. The predicted octanol–water partition coefficient (Wildman–Crippen LogP) is 4.36. The number of amides is 2. The molecule has 2 aromatic carbocycles. The molecule has 2 aromatic rings. The molecule has 5 nitrogen and oxygen atoms in total. The van der Waals surface area contributed by atoms with Crippen LogP contribution in [0.25, 0.3) is 0 Å². The van der Waals surface area contributed by atoms with E-state index in [1.807, 2.05) is 19.1 Å². The van der Waals surface area contributed by atoms with Gasteiger partial charge in [0.05, 0.1) is 16.6 Å². The summed E-state index contributed by atoms with van der Waals surface area (Å²) in [5.74, 6) is -0.745. The van der Waals surface area contributed by atoms with Crippen molar-refractivity contribution >= 4 is 46.5 Å². The molecule has 0 aromatic heterocycles. The number of halogens is 2. The molecule has 0 spiro atoms. The number of anilines is 1. The first-order valence-corrected chi connectivity index (χ1v) is 9.10. The Hall–Kier alpha value is -2.37. The minimum absolute atomic E-state index is 0.0449. The number of hydrogen-bond donors (Lipinski definition) is 1. The van der Waals surface area contributed by atoms with Crippen molar-refractivity contribution in [3.8, 4) is 0 Å². The van der Waals surface area contributed by atoms with Crippen LogP contribution in [0.2, 0.25) is 10.0 Å². The zero-order valence-corrected chi connectivity index (χ0v) is 16.6. The molecule has 0 aliphatic rings. The molecule has 2 rings (SSSR count). The molecule has 0 bridgehead atoms. The largest absolute Gasteiger partial charge is 0.336 e. The maximum Gasteiger partial charge on any atom is 0.243 e. The Morgan fingerprint density at radius 2 is 1.63 bits per heavy atom. The fourth-order valence-corrected chi connectivity index (χ4v) is 2.67. The quantitative estimate of drug-likeness (QED) is 0.694. The van der Waals surface area contributed by atoms with Crippen LogP contribution in [0.3, 0.4) is 0 Å². The van der Waals surface area contributed by atoms with Crippen LogP contribution in [-0.2, 0) is 9.59 Å². The van der Waals surface area contributed by atoms with Gasteiger partial charge >= 0.3 is 0 Å². The molecule has 0 atom stereocenters. The predicted molar refractivity (Wildman–Crippen MR) is 107 cm³/mol. The van der Waals surface area contributed by atoms with E-state index in [1.165, 1.54) is 18.0 Å². The summed E-state index contributed by atoms with van der Waals surface area (Å²) in [7, 11) is 1.52. The summed E-state index contributed by atoms with van der Waals surface area (Å²) < 4.78 is 0. The van der Waals surface area contributed by atoms with E-state index in [9.17, 15) is 14.4 Å². The standard InChI is InChI=1S/C20H20Cl2N2O3/c1-13-3-5-14(6-4-13)18(25)9-10-20(27)24(2)12-19(26)23-15-7-8-16(21)17(22)11-15/h3-8,11H,9-10,12H2,1-2H3,(H,23,26). The molecule has 0 saturated heterocycles. The zero-order chi connectivity index (χ0) is 20.0. The third-order valence-electron chi connectivity index (χ3n) is 3.95. The van der Waals surface area contributed by atoms with Gasteiger partial charge in [-0.3, -0.25) is 14.4 Å². The zero-order valence-electron chi connectivity index (χ0n) is 15.1. The molecule has 0 unspecified atom stereocenters. The van der Waals surface area contributed by atoms with E-state index in [0.717, 1.165) is 5.56 Å². The summed E-state index contributed by atoms with van der Waals surface area (Å²) in [5, 5.41) is 3.37. The Kier molecular flexibility index (Phi) is 7.39. The summed E-state index contributed by atoms with van der Waals surface area (Å²) >= 11 is 11.7. The second kappa shape index (κ2) is 9.53. The number of likely N-dealkylation sites (N-methyl/N-ethyl adjacent to an activating group) is 1. The van der Waals surface area contributed by atoms with Crippen LogP contribution in [0.5, 0.6) is 0 Å². The van der Waals surface area contributed by atoms with E-state index >= 15 is 0 Å². The average molecular weight is 407 g/mol. The molecule has 2 amide bonds. The highest BCUT2D eigenvalue weighted by atomic mass is 35.5. The molecule has 0 aliphatic carbocycles. The van der Waals surface area contributed by atoms with Gasteiger partial charge in [-0.15, -0.1) is 0 Å². The number of carbonyl (C=O) groups excluding carboxylic acids is 3. The van der Waals surface area contributed by atoms with Gasteiger partial charge in [-0.05, 0) is 25.1 Å². The van der Waals surface area contributed by atoms with E-state index in [1.54, 1.807) is 24.3 Å². The lowest BCUT2D eigenvalue weighted by Crippen LogP contribution is -2.35. The number of nitrogens with zero attached hydrogens (tertiary/aromatic N) is 1. The number of ketones is 1. The fourth-order valence-electron chi connectivity index (χ4n) is 2.37. The number of Topliss-reactive ketones (excluding diaryl/α,β-unsaturated/α-hetero) is 1. The Labute approximate surface area is 168 Å². The molecule has 1 N–H and O–H groups in total. The van der Waals surface area contributed by atoms with Crippen molar-refractivity contribution in [2.24, 2.45) is 0 Å². The Morgan fingerprint density at radius 3 is 2.26 bits per heavy atom. The van der Waals surface area contributed by atoms with Crippen LogP contribution >= 0.6 is 23.2 Å². The van der Waals surface area contributed by atoms with E-state index in [0.29, 0.717) is 21.3 Å². The first-order chi connectivity index (χ1) is 12.8. The van der Waals surface area contributed by atoms with Crippen LogP contribution < -0.4 is 5.32 Å². The summed E-state index contributed by atoms with van der Waals surface area (Å²) in [4.78, 5) is 37.7. The number of aryl methyl sites for hydroxylation is 1. The molecular formula is C20H20Cl2N2O3. The third kappa shape index (κ3) is 6.38. The molecule has 7 heteroatoms. The topological polar surface area (TPSA) is 66.5 Å². The van der Waals surface area contributed by atoms with Crippen LogP contribution in [0.4, 0.5) is 5.69 Å². The number of rotatable bonds is 7. The summed E-state index contributed by atoms with van der Waals surface area (Å²) in [6.45, 7) is 1.81. The molecular weight excluding hydrogens is 387 g/mol. The summed E-state index contributed by atoms with van der Waals surface area (Å²) in [5.41, 5.74) is 2.13. The second-order valence-corrected chi connectivity index (χ2v) is 7.03. The van der Waals surface area contributed by atoms with Crippen LogP contribution in [0.1, 0.15) is 28.8 Å². The summed E-state index contributed by atoms with van der Waals surface area (Å²) in [6, 6.07) is 11.9. The number of hydrogen-bond acceptors (Lipinski definition) is 3. The van der Waals surface area contributed by atoms with Gasteiger partial charge in [-0.1, -0.05) is 53.0 Å². The molecule has 0 saturated carbocycles. The first kappa shape index (κ1) is 20.9. The Balaban J connectivity index is 1.82. The van der Waals surface area contributed by atoms with Gasteiger partial charge < -0.3 is 10.2 Å². The maximum absolute atomic E-state index is 12.2. The van der Waals surface area contributed by atoms with Gasteiger partial charge in [0.25, 0.3) is 0 Å². The normalized spacial score (nSPS) is 10.4. The SMILES string of the molecule is Cc1ccc(C(=O)CCC(=O)N(C)CC(=O)Nc2ccc(Cl)c(Cl)c2)cc1. The smallest absolute Gasteiger partial charge is 0.243 e. The first-order valence-electron chi connectivity index (χ1n) is 8.35. The number of carbonyl (C=O) groups is 3. The fraction of sp³-hybridized carbons (Fsp3) is 0.250. The van der Waals surface area contributed by atoms with Crippen molar-refractivity contribution in [2.45, 2.75) is 19.8 Å². The van der Waals surface area contributed by atoms with E-state index in [4.69, 9.17) is 23.2 Å². The van der Waals surface area contributed by atoms with Gasteiger partial charge in [0.2, 0.25) is 11.8 Å². The van der Waals surface area contributed by atoms with Gasteiger partial charge in [-0.2, -0.15) is 0 Å². The minimum Gasteiger partial charge on any atom is -0.336 e. The molecule has 0 aliphatic heterocycles. The highest BCUT2D eigenvalue weighted by Gasteiger charge is 2.15. The van der Waals surface area contributed by atoms with Crippen molar-refractivity contribution in [1.29, 1.82) is 0 Å². The Bertz CT molecular complexity index is 851. The maximum atomic E-state index is 12.2. The van der Waals surface area contributed by atoms with E-state index in [2.05, 4.69) is 5.32 Å². The lowest BCUT2D eigenvalue weighted by Gasteiger charge is -2.17. The molecule has 142 valence electrons. The minimum atomic E-state index is -0.367. The van der Waals surface area contributed by atoms with Crippen molar-refractivity contribution in [1.82, 2.24) is 4.90 Å². The summed E-state index contributed by atoms with van der Waals surface area (Å²) in [6.07, 6.45) is 0.143. The van der Waals surface area contributed by atoms with Crippen molar-refractivity contribution in [2.75, 3.05) is 18.9 Å². The van der Waals surface area contributed by atoms with Crippen molar-refractivity contribution < 1.29 is 14.4 Å². The highest BCUT2D eigenvalue weighted by molar-refractivity contribution is 6.42. The van der Waals surface area contributed by atoms with Crippen LogP contribution in [0, 0.1) is 6.92 Å². The van der Waals surface area contributed by atoms with E-state index in [-0.39, 0.29) is 37.0 Å². The lowest BCUT2D eigenvalue weighted by atomic mass is 10.0. The number of benzene rings is 2. The van der Waals surface area contributed by atoms with E-state index < -0.39 is 0 Å². The molecule has 0 heterocycles. The lowest BCUT2D eigenvalue weighted by molar-refractivity contribution is -0.133. The average Bonchev–Trinajstić information content (AvgIpc) is 2.63. The van der Waals surface area contributed by atoms with Crippen LogP contribution in [0.15, 0.2) is 42.5 Å². The van der Waals surface area contributed by atoms with Gasteiger partial charge in [-0.25, -0.2) is 0 Å². The second-order valence-electron chi connectivity index (χ2n) is 6.22. The van der Waals surface area contributed by atoms with Gasteiger partial charge in [0.1, 0.15) is 0 Å². The molecule has 0 radical (unpaired) electrons. The third-order valence-corrected chi connectivity index (χ3v) is 4.69. The highest BCUT2D eigenvalue weighted by Crippen LogP contribution is 2.24. The molecule has 0 fully saturated rings. The van der Waals surface area contributed by atoms with Gasteiger partial charge in [0, 0.05) is 31.1 Å². The number of nitrogens with one attached hydrogen (secondary N) is 1. The molecule has 27 heavy (non-hydrogen) atoms. The van der Waals surface area contributed by atoms with Crippen molar-refractivity contribution in [3.63, 3.8) is 0 Å². The van der Waals surface area contributed by atoms with Crippen LogP contribution in [-0.4, -0.2) is 36.1 Å². The van der Waals surface area contributed by atoms with Gasteiger partial charge in [0.15, 0.2) is 5.78 Å². The van der Waals surface area contributed by atoms with Crippen molar-refractivity contribution in [3.05, 3.63) is 63.6 Å².